The van der Waals surface area contributed by atoms with E-state index in [-0.39, 0.29) is 11.7 Å². The minimum Gasteiger partial charge on any atom is -0.394 e. The second-order valence-electron chi connectivity index (χ2n) is 4.64. The average molecular weight is 283 g/mol. The first-order valence-electron chi connectivity index (χ1n) is 5.96. The van der Waals surface area contributed by atoms with Crippen molar-refractivity contribution in [2.24, 2.45) is 0 Å². The van der Waals surface area contributed by atoms with Crippen molar-refractivity contribution in [3.05, 3.63) is 34.7 Å². The molecule has 0 amide bonds. The van der Waals surface area contributed by atoms with Crippen molar-refractivity contribution < 1.29 is 4.39 Å². The molecule has 0 saturated carbocycles. The molecule has 0 radical (unpaired) electrons. The van der Waals surface area contributed by atoms with Crippen LogP contribution in [0.2, 0.25) is 5.02 Å². The van der Waals surface area contributed by atoms with Crippen LogP contribution in [0, 0.1) is 12.7 Å². The van der Waals surface area contributed by atoms with Crippen LogP contribution in [0.15, 0.2) is 18.2 Å². The molecule has 2 aromatic rings. The number of aryl methyl sites for hydroxylation is 1. The van der Waals surface area contributed by atoms with Gasteiger partial charge in [0.1, 0.15) is 5.82 Å². The van der Waals surface area contributed by atoms with Crippen LogP contribution in [0.5, 0.6) is 0 Å². The number of rotatable bonds is 3. The highest BCUT2D eigenvalue weighted by molar-refractivity contribution is 6.30. The van der Waals surface area contributed by atoms with Crippen LogP contribution in [-0.2, 0) is 0 Å². The summed E-state index contributed by atoms with van der Waals surface area (Å²) < 4.78 is 15.5. The summed E-state index contributed by atoms with van der Waals surface area (Å²) in [6, 6.07) is 4.43. The second kappa shape index (κ2) is 5.09. The van der Waals surface area contributed by atoms with Gasteiger partial charge in [-0.05, 0) is 39.0 Å². The number of nitrogens with one attached hydrogen (secondary N) is 1. The molecule has 0 fully saturated rings. The highest BCUT2D eigenvalue weighted by atomic mass is 35.5. The molecule has 0 saturated heterocycles. The molecular formula is C13H16ClFN4. The summed E-state index contributed by atoms with van der Waals surface area (Å²) in [6.07, 6.45) is 0. The van der Waals surface area contributed by atoms with Crippen molar-refractivity contribution in [2.45, 2.75) is 26.8 Å². The van der Waals surface area contributed by atoms with E-state index < -0.39 is 5.82 Å². The summed E-state index contributed by atoms with van der Waals surface area (Å²) in [7, 11) is 0. The van der Waals surface area contributed by atoms with E-state index in [1.54, 1.807) is 4.68 Å². The number of benzene rings is 1. The van der Waals surface area contributed by atoms with Gasteiger partial charge in [-0.1, -0.05) is 11.6 Å². The number of hydrogen-bond acceptors (Lipinski definition) is 3. The summed E-state index contributed by atoms with van der Waals surface area (Å²) in [6.45, 7) is 5.77. The lowest BCUT2D eigenvalue weighted by molar-refractivity contribution is 0.536. The van der Waals surface area contributed by atoms with Gasteiger partial charge in [-0.25, -0.2) is 9.07 Å². The van der Waals surface area contributed by atoms with Crippen molar-refractivity contribution in [2.75, 3.05) is 11.1 Å². The van der Waals surface area contributed by atoms with E-state index in [2.05, 4.69) is 10.4 Å². The van der Waals surface area contributed by atoms with Crippen LogP contribution in [0.25, 0.3) is 0 Å². The maximum Gasteiger partial charge on any atom is 0.152 e. The Hall–Kier alpha value is -1.75. The minimum atomic E-state index is -0.391. The normalized spacial score (nSPS) is 11.1. The number of aromatic nitrogens is 2. The van der Waals surface area contributed by atoms with E-state index in [1.165, 1.54) is 18.2 Å². The maximum absolute atomic E-state index is 13.7. The summed E-state index contributed by atoms with van der Waals surface area (Å²) in [5.74, 6) is 0.187. The SMILES string of the molecule is Cc1nn(C(C)C)c(Nc2cc(Cl)ccc2F)c1N. The Bertz CT molecular complexity index is 607. The van der Waals surface area contributed by atoms with Gasteiger partial charge in [-0.3, -0.25) is 0 Å². The van der Waals surface area contributed by atoms with Gasteiger partial charge in [0.25, 0.3) is 0 Å². The molecule has 3 N–H and O–H groups in total. The molecule has 2 rings (SSSR count). The largest absolute Gasteiger partial charge is 0.394 e. The molecule has 6 heteroatoms. The third-order valence-corrected chi connectivity index (χ3v) is 3.04. The van der Waals surface area contributed by atoms with E-state index in [9.17, 15) is 4.39 Å². The molecule has 0 aliphatic rings. The number of halogens is 2. The van der Waals surface area contributed by atoms with Crippen LogP contribution < -0.4 is 11.1 Å². The van der Waals surface area contributed by atoms with E-state index in [0.717, 1.165) is 0 Å². The van der Waals surface area contributed by atoms with Crippen molar-refractivity contribution in [3.8, 4) is 0 Å². The van der Waals surface area contributed by atoms with Gasteiger partial charge >= 0.3 is 0 Å². The van der Waals surface area contributed by atoms with Gasteiger partial charge in [0.05, 0.1) is 17.1 Å². The monoisotopic (exact) mass is 282 g/mol. The molecule has 1 aromatic heterocycles. The third-order valence-electron chi connectivity index (χ3n) is 2.80. The Balaban J connectivity index is 2.45. The van der Waals surface area contributed by atoms with E-state index in [1.807, 2.05) is 20.8 Å². The van der Waals surface area contributed by atoms with Crippen LogP contribution in [0.4, 0.5) is 21.6 Å². The maximum atomic E-state index is 13.7. The van der Waals surface area contributed by atoms with Crippen LogP contribution in [-0.4, -0.2) is 9.78 Å². The number of nitrogens with two attached hydrogens (primary N) is 1. The van der Waals surface area contributed by atoms with Crippen molar-refractivity contribution in [1.29, 1.82) is 0 Å². The Morgan fingerprint density at radius 2 is 2.11 bits per heavy atom. The smallest absolute Gasteiger partial charge is 0.152 e. The van der Waals surface area contributed by atoms with Gasteiger partial charge in [0.2, 0.25) is 0 Å². The zero-order valence-electron chi connectivity index (χ0n) is 11.0. The highest BCUT2D eigenvalue weighted by Crippen LogP contribution is 2.30. The fourth-order valence-electron chi connectivity index (χ4n) is 1.78. The fourth-order valence-corrected chi connectivity index (χ4v) is 1.95. The highest BCUT2D eigenvalue weighted by Gasteiger charge is 2.16. The first-order chi connectivity index (χ1) is 8.90. The quantitative estimate of drug-likeness (QED) is 0.898. The molecule has 1 heterocycles. The molecule has 0 spiro atoms. The lowest BCUT2D eigenvalue weighted by Crippen LogP contribution is -2.08. The number of nitrogen functional groups attached to an aromatic ring is 1. The number of nitrogens with zero attached hydrogens (tertiary/aromatic N) is 2. The molecule has 1 aromatic carbocycles. The zero-order valence-corrected chi connectivity index (χ0v) is 11.8. The van der Waals surface area contributed by atoms with Crippen LogP contribution >= 0.6 is 11.6 Å². The summed E-state index contributed by atoms with van der Waals surface area (Å²) in [4.78, 5) is 0. The molecular weight excluding hydrogens is 267 g/mol. The predicted molar refractivity (Wildman–Crippen MR) is 76.5 cm³/mol. The Kier molecular flexibility index (Phi) is 3.66. The molecule has 0 bridgehead atoms. The van der Waals surface area contributed by atoms with E-state index >= 15 is 0 Å². The predicted octanol–water partition coefficient (Wildman–Crippen LogP) is 3.89. The van der Waals surface area contributed by atoms with E-state index in [0.29, 0.717) is 22.2 Å². The summed E-state index contributed by atoms with van der Waals surface area (Å²) >= 11 is 5.87. The summed E-state index contributed by atoms with van der Waals surface area (Å²) in [5, 5.41) is 7.75. The van der Waals surface area contributed by atoms with Gasteiger partial charge in [-0.2, -0.15) is 5.10 Å². The molecule has 0 atom stereocenters. The van der Waals surface area contributed by atoms with Crippen molar-refractivity contribution in [1.82, 2.24) is 9.78 Å². The van der Waals surface area contributed by atoms with Crippen LogP contribution in [0.3, 0.4) is 0 Å². The third kappa shape index (κ3) is 2.66. The van der Waals surface area contributed by atoms with Crippen molar-refractivity contribution >= 4 is 28.8 Å². The van der Waals surface area contributed by atoms with Gasteiger partial charge in [-0.15, -0.1) is 0 Å². The minimum absolute atomic E-state index is 0.112. The number of hydrogen-bond donors (Lipinski definition) is 2. The van der Waals surface area contributed by atoms with Gasteiger partial charge < -0.3 is 11.1 Å². The van der Waals surface area contributed by atoms with Gasteiger partial charge in [0.15, 0.2) is 5.82 Å². The first-order valence-corrected chi connectivity index (χ1v) is 6.34. The molecule has 19 heavy (non-hydrogen) atoms. The van der Waals surface area contributed by atoms with Gasteiger partial charge in [0, 0.05) is 11.1 Å². The Morgan fingerprint density at radius 3 is 2.74 bits per heavy atom. The van der Waals surface area contributed by atoms with Crippen LogP contribution in [0.1, 0.15) is 25.6 Å². The van der Waals surface area contributed by atoms with E-state index in [4.69, 9.17) is 17.3 Å². The number of anilines is 3. The second-order valence-corrected chi connectivity index (χ2v) is 5.07. The molecule has 0 aliphatic carbocycles. The molecule has 102 valence electrons. The van der Waals surface area contributed by atoms with Crippen molar-refractivity contribution in [3.63, 3.8) is 0 Å². The topological polar surface area (TPSA) is 55.9 Å². The lowest BCUT2D eigenvalue weighted by Gasteiger charge is -2.14. The zero-order chi connectivity index (χ0) is 14.2. The lowest BCUT2D eigenvalue weighted by atomic mass is 10.3. The first kappa shape index (κ1) is 13.7. The molecule has 0 aliphatic heterocycles. The standard InChI is InChI=1S/C13H16ClFN4/c1-7(2)19-13(12(16)8(3)18-19)17-11-6-9(14)4-5-10(11)15/h4-7,17H,16H2,1-3H3. The fraction of sp³-hybridized carbons (Fsp3) is 0.308. The molecule has 4 nitrogen and oxygen atoms in total. The Morgan fingerprint density at radius 1 is 1.42 bits per heavy atom. The Labute approximate surface area is 116 Å². The summed E-state index contributed by atoms with van der Waals surface area (Å²) in [5.41, 5.74) is 7.47. The molecule has 0 unspecified atom stereocenters. The average Bonchev–Trinajstić information content (AvgIpc) is 2.62.